The summed E-state index contributed by atoms with van der Waals surface area (Å²) in [5, 5.41) is 13.1. The van der Waals surface area contributed by atoms with Crippen molar-refractivity contribution < 1.29 is 23.5 Å². The Kier molecular flexibility index (Phi) is 6.45. The van der Waals surface area contributed by atoms with E-state index in [2.05, 4.69) is 21.3 Å². The minimum atomic E-state index is -0.677. The van der Waals surface area contributed by atoms with Gasteiger partial charge in [-0.25, -0.2) is 9.18 Å². The van der Waals surface area contributed by atoms with E-state index in [4.69, 9.17) is 9.47 Å². The number of ether oxygens (including phenoxy) is 2. The van der Waals surface area contributed by atoms with Crippen molar-refractivity contribution in [3.05, 3.63) is 53.0 Å². The maximum atomic E-state index is 15.3. The van der Waals surface area contributed by atoms with Gasteiger partial charge in [0.25, 0.3) is 0 Å². The predicted molar refractivity (Wildman–Crippen MR) is 143 cm³/mol. The molecule has 2 aromatic rings. The molecule has 7 rings (SSSR count). The van der Waals surface area contributed by atoms with Crippen molar-refractivity contribution >= 4 is 11.8 Å². The number of pyridine rings is 1. The first kappa shape index (κ1) is 25.8. The minimum Gasteiger partial charge on any atom is -0.450 e. The van der Waals surface area contributed by atoms with Crippen molar-refractivity contribution in [3.8, 4) is 17.3 Å². The Balaban J connectivity index is 1.06. The number of esters is 1. The van der Waals surface area contributed by atoms with Crippen molar-refractivity contribution in [1.82, 2.24) is 15.2 Å². The summed E-state index contributed by atoms with van der Waals surface area (Å²) in [5.41, 5.74) is 2.21. The Morgan fingerprint density at radius 2 is 2.08 bits per heavy atom. The molecular formula is C31H33FN4O4. The molecule has 208 valence electrons. The van der Waals surface area contributed by atoms with Gasteiger partial charge >= 0.3 is 5.97 Å². The smallest absolute Gasteiger partial charge is 0.341 e. The van der Waals surface area contributed by atoms with Crippen LogP contribution in [0.5, 0.6) is 0 Å². The molecule has 40 heavy (non-hydrogen) atoms. The lowest BCUT2D eigenvalue weighted by Gasteiger charge is -2.44. The average molecular weight is 545 g/mol. The van der Waals surface area contributed by atoms with Crippen LogP contribution >= 0.6 is 0 Å². The van der Waals surface area contributed by atoms with Crippen LogP contribution in [0, 0.1) is 29.0 Å². The summed E-state index contributed by atoms with van der Waals surface area (Å²) in [7, 11) is 0. The summed E-state index contributed by atoms with van der Waals surface area (Å²) in [4.78, 5) is 32.4. The first-order chi connectivity index (χ1) is 19.4. The number of benzene rings is 1. The van der Waals surface area contributed by atoms with Crippen LogP contribution in [0.2, 0.25) is 0 Å². The molecule has 9 heteroatoms. The van der Waals surface area contributed by atoms with Crippen LogP contribution in [0.15, 0.2) is 30.5 Å². The van der Waals surface area contributed by atoms with Crippen LogP contribution in [0.25, 0.3) is 11.3 Å². The fourth-order valence-electron chi connectivity index (χ4n) is 7.38. The van der Waals surface area contributed by atoms with E-state index >= 15 is 4.39 Å². The number of likely N-dealkylation sites (tertiary alicyclic amines) is 1. The van der Waals surface area contributed by atoms with Gasteiger partial charge in [0, 0.05) is 55.7 Å². The summed E-state index contributed by atoms with van der Waals surface area (Å²) >= 11 is 0. The second-order valence-corrected chi connectivity index (χ2v) is 12.1. The third-order valence-corrected chi connectivity index (χ3v) is 9.80. The van der Waals surface area contributed by atoms with Gasteiger partial charge in [-0.15, -0.1) is 0 Å². The second kappa shape index (κ2) is 10.0. The molecule has 0 radical (unpaired) electrons. The van der Waals surface area contributed by atoms with Crippen molar-refractivity contribution in [2.75, 3.05) is 26.3 Å². The van der Waals surface area contributed by atoms with Crippen LogP contribution in [0.4, 0.5) is 4.39 Å². The Hall–Kier alpha value is -3.19. The number of carbonyl (C=O) groups excluding carboxylic acids is 2. The zero-order chi connectivity index (χ0) is 27.4. The van der Waals surface area contributed by atoms with E-state index in [1.165, 1.54) is 6.07 Å². The molecule has 1 aromatic heterocycles. The third kappa shape index (κ3) is 4.43. The van der Waals surface area contributed by atoms with Crippen LogP contribution < -0.4 is 5.32 Å². The molecule has 4 fully saturated rings. The zero-order valence-electron chi connectivity index (χ0n) is 22.4. The number of nitrogens with one attached hydrogen (secondary N) is 1. The van der Waals surface area contributed by atoms with Crippen molar-refractivity contribution in [3.63, 3.8) is 0 Å². The number of Topliss-reactive ketones (excluding diaryl/α,β-unsaturated/α-hetero) is 1. The van der Waals surface area contributed by atoms with Gasteiger partial charge in [-0.1, -0.05) is 12.1 Å². The van der Waals surface area contributed by atoms with E-state index in [9.17, 15) is 14.9 Å². The van der Waals surface area contributed by atoms with Gasteiger partial charge in [0.1, 0.15) is 11.4 Å². The number of ketones is 1. The highest BCUT2D eigenvalue weighted by Crippen LogP contribution is 2.45. The summed E-state index contributed by atoms with van der Waals surface area (Å²) in [6, 6.07) is 9.71. The Morgan fingerprint density at radius 3 is 2.73 bits per heavy atom. The topological polar surface area (TPSA) is 105 Å². The fourth-order valence-corrected chi connectivity index (χ4v) is 7.38. The van der Waals surface area contributed by atoms with Crippen LogP contribution in [-0.2, 0) is 26.3 Å². The monoisotopic (exact) mass is 544 g/mol. The molecule has 1 unspecified atom stereocenters. The first-order valence-corrected chi connectivity index (χ1v) is 14.5. The van der Waals surface area contributed by atoms with Gasteiger partial charge in [0.15, 0.2) is 5.78 Å². The molecule has 2 bridgehead atoms. The number of carbonyl (C=O) groups is 2. The van der Waals surface area contributed by atoms with Crippen molar-refractivity contribution in [1.29, 1.82) is 5.26 Å². The number of halogens is 1. The van der Waals surface area contributed by atoms with Gasteiger partial charge in [0.05, 0.1) is 48.5 Å². The number of hydrogen-bond acceptors (Lipinski definition) is 8. The van der Waals surface area contributed by atoms with Crippen molar-refractivity contribution in [2.24, 2.45) is 11.8 Å². The van der Waals surface area contributed by atoms with Gasteiger partial charge in [-0.3, -0.25) is 14.7 Å². The normalized spacial score (nSPS) is 27.7. The van der Waals surface area contributed by atoms with E-state index in [1.807, 2.05) is 6.07 Å². The largest absolute Gasteiger partial charge is 0.450 e. The fraction of sp³-hybridized carbons (Fsp3) is 0.548. The summed E-state index contributed by atoms with van der Waals surface area (Å²) in [5.74, 6) is -0.919. The quantitative estimate of drug-likeness (QED) is 0.528. The lowest BCUT2D eigenvalue weighted by molar-refractivity contribution is -0.122. The maximum absolute atomic E-state index is 15.3. The SMILES string of the molecule is N#C[C@@H](CC(=O)C1N[C@@H]2CC[C@H]1C2)Cc1ccc(-c2cc3c(cn2)C(=O)OC32CCN(C3COC3)CC2)cc1F. The minimum absolute atomic E-state index is 0.0654. The van der Waals surface area contributed by atoms with Crippen LogP contribution in [0.3, 0.4) is 0 Å². The lowest BCUT2D eigenvalue weighted by Crippen LogP contribution is -2.54. The van der Waals surface area contributed by atoms with E-state index < -0.39 is 17.3 Å². The third-order valence-electron chi connectivity index (χ3n) is 9.80. The summed E-state index contributed by atoms with van der Waals surface area (Å²) < 4.78 is 26.6. The zero-order valence-corrected chi connectivity index (χ0v) is 22.4. The number of nitrogens with zero attached hydrogens (tertiary/aromatic N) is 3. The maximum Gasteiger partial charge on any atom is 0.341 e. The van der Waals surface area contributed by atoms with E-state index in [0.717, 1.165) is 51.1 Å². The number of hydrogen-bond donors (Lipinski definition) is 1. The summed E-state index contributed by atoms with van der Waals surface area (Å²) in [6.07, 6.45) is 6.47. The molecule has 4 aliphatic heterocycles. The molecule has 8 nitrogen and oxygen atoms in total. The molecule has 1 N–H and O–H groups in total. The highest BCUT2D eigenvalue weighted by molar-refractivity contribution is 5.95. The first-order valence-electron chi connectivity index (χ1n) is 14.5. The van der Waals surface area contributed by atoms with Crippen LogP contribution in [-0.4, -0.2) is 66.1 Å². The summed E-state index contributed by atoms with van der Waals surface area (Å²) in [6.45, 7) is 3.15. The molecular weight excluding hydrogens is 511 g/mol. The Labute approximate surface area is 232 Å². The molecule has 3 saturated heterocycles. The average Bonchev–Trinajstić information content (AvgIpc) is 3.64. The standard InChI is InChI=1S/C31H33FN4O4/c32-26-12-20(2-1-19(26)9-18(14-33)10-28(37)29-21-3-4-22(11-21)35-29)27-13-25-24(15-34-27)30(38)40-31(25)5-7-36(8-6-31)23-16-39-17-23/h1-2,12-13,15,18,21-23,29,35H,3-11,16-17H2/t18-,21+,22-,29?/m1/s1. The molecule has 0 amide bonds. The van der Waals surface area contributed by atoms with Gasteiger partial charge in [-0.2, -0.15) is 5.26 Å². The lowest BCUT2D eigenvalue weighted by atomic mass is 9.83. The second-order valence-electron chi connectivity index (χ2n) is 12.1. The molecule has 1 spiro atoms. The Morgan fingerprint density at radius 1 is 1.25 bits per heavy atom. The molecule has 5 aliphatic rings. The molecule has 4 atom stereocenters. The highest BCUT2D eigenvalue weighted by Gasteiger charge is 2.49. The Bertz CT molecular complexity index is 1390. The molecule has 1 aliphatic carbocycles. The van der Waals surface area contributed by atoms with Gasteiger partial charge in [0.2, 0.25) is 0 Å². The van der Waals surface area contributed by atoms with Gasteiger partial charge in [-0.05, 0) is 49.3 Å². The highest BCUT2D eigenvalue weighted by atomic mass is 19.1. The van der Waals surface area contributed by atoms with Crippen molar-refractivity contribution in [2.45, 2.75) is 68.7 Å². The van der Waals surface area contributed by atoms with E-state index in [1.54, 1.807) is 18.3 Å². The number of nitriles is 1. The molecule has 5 heterocycles. The number of rotatable bonds is 7. The molecule has 1 saturated carbocycles. The predicted octanol–water partition coefficient (Wildman–Crippen LogP) is 3.53. The van der Waals surface area contributed by atoms with Gasteiger partial charge < -0.3 is 14.8 Å². The number of aromatic nitrogens is 1. The molecule has 1 aromatic carbocycles. The number of fused-ring (bicyclic) bond motifs is 4. The van der Waals surface area contributed by atoms with E-state index in [-0.39, 0.29) is 30.6 Å². The number of piperidine rings is 2. The van der Waals surface area contributed by atoms with E-state index in [0.29, 0.717) is 53.2 Å². The van der Waals surface area contributed by atoms with Crippen LogP contribution in [0.1, 0.15) is 60.0 Å².